The number of hydrogen-bond donors (Lipinski definition) is 1. The number of nitrogens with two attached hydrogens (primary N) is 1. The molecule has 7 heteroatoms. The highest BCUT2D eigenvalue weighted by molar-refractivity contribution is 5.29. The third-order valence-corrected chi connectivity index (χ3v) is 2.42. The molecular weight excluding hydrogens is 247 g/mol. The number of aryl methyl sites for hydroxylation is 1. The molecule has 0 amide bonds. The molecule has 1 aromatic heterocycles. The minimum atomic E-state index is -4.36. The first-order chi connectivity index (χ1) is 8.38. The molecule has 2 N–H and O–H groups in total. The zero-order valence-electron chi connectivity index (χ0n) is 9.40. The van der Waals surface area contributed by atoms with Crippen molar-refractivity contribution in [3.05, 3.63) is 47.1 Å². The van der Waals surface area contributed by atoms with Crippen LogP contribution >= 0.6 is 0 Å². The van der Waals surface area contributed by atoms with Gasteiger partial charge in [-0.3, -0.25) is 0 Å². The number of alkyl halides is 3. The molecule has 0 aliphatic carbocycles. The highest BCUT2D eigenvalue weighted by atomic mass is 19.4. The van der Waals surface area contributed by atoms with E-state index in [9.17, 15) is 13.2 Å². The lowest BCUT2D eigenvalue weighted by molar-refractivity contribution is -0.137. The van der Waals surface area contributed by atoms with Gasteiger partial charge < -0.3 is 10.3 Å². The lowest BCUT2D eigenvalue weighted by Gasteiger charge is -2.10. The summed E-state index contributed by atoms with van der Waals surface area (Å²) in [5, 5.41) is 3.63. The second-order valence-electron chi connectivity index (χ2n) is 3.77. The predicted molar refractivity (Wildman–Crippen MR) is 56.5 cm³/mol. The van der Waals surface area contributed by atoms with Crippen molar-refractivity contribution in [2.45, 2.75) is 19.1 Å². The van der Waals surface area contributed by atoms with Crippen molar-refractivity contribution in [3.63, 3.8) is 0 Å². The van der Waals surface area contributed by atoms with Crippen LogP contribution in [-0.4, -0.2) is 10.1 Å². The van der Waals surface area contributed by atoms with Crippen molar-refractivity contribution in [1.29, 1.82) is 0 Å². The Hall–Kier alpha value is -1.89. The van der Waals surface area contributed by atoms with Crippen molar-refractivity contribution < 1.29 is 17.7 Å². The van der Waals surface area contributed by atoms with E-state index in [1.807, 2.05) is 0 Å². The van der Waals surface area contributed by atoms with E-state index in [1.165, 1.54) is 12.1 Å². The van der Waals surface area contributed by atoms with Gasteiger partial charge in [0.1, 0.15) is 0 Å². The smallest absolute Gasteiger partial charge is 0.340 e. The molecule has 1 unspecified atom stereocenters. The quantitative estimate of drug-likeness (QED) is 0.897. The summed E-state index contributed by atoms with van der Waals surface area (Å²) in [6.07, 6.45) is -4.36. The fourth-order valence-corrected chi connectivity index (χ4v) is 1.47. The van der Waals surface area contributed by atoms with Gasteiger partial charge in [-0.25, -0.2) is 0 Å². The van der Waals surface area contributed by atoms with Crippen LogP contribution in [0.4, 0.5) is 13.2 Å². The van der Waals surface area contributed by atoms with Gasteiger partial charge in [0.2, 0.25) is 5.89 Å². The number of benzene rings is 1. The topological polar surface area (TPSA) is 64.9 Å². The summed E-state index contributed by atoms with van der Waals surface area (Å²) < 4.78 is 41.9. The Balaban J connectivity index is 2.24. The number of nitrogens with zero attached hydrogens (tertiary/aromatic N) is 2. The molecular formula is C11H10F3N3O. The largest absolute Gasteiger partial charge is 0.416 e. The molecule has 96 valence electrons. The van der Waals surface area contributed by atoms with Crippen LogP contribution in [0.25, 0.3) is 0 Å². The van der Waals surface area contributed by atoms with Crippen molar-refractivity contribution in [3.8, 4) is 0 Å². The minimum Gasteiger partial charge on any atom is -0.340 e. The summed E-state index contributed by atoms with van der Waals surface area (Å²) in [4.78, 5) is 3.93. The number of halogens is 3. The summed E-state index contributed by atoms with van der Waals surface area (Å²) in [5.74, 6) is 0.597. The Morgan fingerprint density at radius 1 is 1.22 bits per heavy atom. The molecule has 1 heterocycles. The van der Waals surface area contributed by atoms with Crippen LogP contribution in [0.2, 0.25) is 0 Å². The standard InChI is InChI=1S/C11H10F3N3O/c1-6-16-10(17-18-6)9(15)7-2-4-8(5-3-7)11(12,13)14/h2-5,9H,15H2,1H3. The van der Waals surface area contributed by atoms with Crippen LogP contribution in [0.15, 0.2) is 28.8 Å². The third-order valence-electron chi connectivity index (χ3n) is 2.42. The van der Waals surface area contributed by atoms with Gasteiger partial charge in [-0.15, -0.1) is 0 Å². The monoisotopic (exact) mass is 257 g/mol. The summed E-state index contributed by atoms with van der Waals surface area (Å²) in [5.41, 5.74) is 5.59. The van der Waals surface area contributed by atoms with E-state index in [0.29, 0.717) is 11.5 Å². The normalized spacial score (nSPS) is 13.6. The fourth-order valence-electron chi connectivity index (χ4n) is 1.47. The van der Waals surface area contributed by atoms with E-state index in [-0.39, 0.29) is 5.82 Å². The average molecular weight is 257 g/mol. The first kappa shape index (κ1) is 12.6. The van der Waals surface area contributed by atoms with Crippen LogP contribution in [0.5, 0.6) is 0 Å². The summed E-state index contributed by atoms with van der Waals surface area (Å²) in [7, 11) is 0. The van der Waals surface area contributed by atoms with Crippen LogP contribution in [0, 0.1) is 6.92 Å². The first-order valence-electron chi connectivity index (χ1n) is 5.11. The first-order valence-corrected chi connectivity index (χ1v) is 5.11. The second kappa shape index (κ2) is 4.41. The molecule has 2 aromatic rings. The molecule has 0 fully saturated rings. The highest BCUT2D eigenvalue weighted by Gasteiger charge is 2.30. The maximum atomic E-state index is 12.4. The van der Waals surface area contributed by atoms with E-state index < -0.39 is 17.8 Å². The van der Waals surface area contributed by atoms with Gasteiger partial charge in [0.05, 0.1) is 11.6 Å². The third kappa shape index (κ3) is 2.51. The maximum Gasteiger partial charge on any atom is 0.416 e. The Morgan fingerprint density at radius 2 is 1.83 bits per heavy atom. The molecule has 1 atom stereocenters. The van der Waals surface area contributed by atoms with Gasteiger partial charge in [-0.2, -0.15) is 18.2 Å². The highest BCUT2D eigenvalue weighted by Crippen LogP contribution is 2.30. The lowest BCUT2D eigenvalue weighted by Crippen LogP contribution is -2.14. The average Bonchev–Trinajstić information content (AvgIpc) is 2.74. The Morgan fingerprint density at radius 3 is 2.28 bits per heavy atom. The minimum absolute atomic E-state index is 0.243. The van der Waals surface area contributed by atoms with Gasteiger partial charge in [-0.05, 0) is 17.7 Å². The van der Waals surface area contributed by atoms with Crippen LogP contribution in [0.3, 0.4) is 0 Å². The van der Waals surface area contributed by atoms with Gasteiger partial charge in [0.25, 0.3) is 0 Å². The molecule has 1 aromatic carbocycles. The molecule has 0 aliphatic heterocycles. The van der Waals surface area contributed by atoms with Crippen LogP contribution in [-0.2, 0) is 6.18 Å². The molecule has 4 nitrogen and oxygen atoms in total. The van der Waals surface area contributed by atoms with Crippen LogP contribution < -0.4 is 5.73 Å². The molecule has 0 saturated heterocycles. The lowest BCUT2D eigenvalue weighted by atomic mass is 10.0. The number of hydrogen-bond acceptors (Lipinski definition) is 4. The van der Waals surface area contributed by atoms with Gasteiger partial charge in [0, 0.05) is 6.92 Å². The van der Waals surface area contributed by atoms with Crippen molar-refractivity contribution in [2.24, 2.45) is 5.73 Å². The number of aromatic nitrogens is 2. The second-order valence-corrected chi connectivity index (χ2v) is 3.77. The summed E-state index contributed by atoms with van der Waals surface area (Å²) in [6.45, 7) is 1.61. The maximum absolute atomic E-state index is 12.4. The molecule has 0 bridgehead atoms. The summed E-state index contributed by atoms with van der Waals surface area (Å²) in [6, 6.07) is 3.85. The molecule has 0 radical (unpaired) electrons. The molecule has 0 spiro atoms. The predicted octanol–water partition coefficient (Wildman–Crippen LogP) is 2.44. The van der Waals surface area contributed by atoms with Crippen molar-refractivity contribution in [2.75, 3.05) is 0 Å². The fraction of sp³-hybridized carbons (Fsp3) is 0.273. The van der Waals surface area contributed by atoms with E-state index in [4.69, 9.17) is 10.3 Å². The summed E-state index contributed by atoms with van der Waals surface area (Å²) >= 11 is 0. The van der Waals surface area contributed by atoms with Crippen molar-refractivity contribution >= 4 is 0 Å². The zero-order valence-corrected chi connectivity index (χ0v) is 9.40. The SMILES string of the molecule is Cc1nc(C(N)c2ccc(C(F)(F)F)cc2)no1. The van der Waals surface area contributed by atoms with Gasteiger partial charge >= 0.3 is 6.18 Å². The molecule has 0 saturated carbocycles. The Kier molecular flexibility index (Phi) is 3.08. The van der Waals surface area contributed by atoms with E-state index >= 15 is 0 Å². The number of rotatable bonds is 2. The van der Waals surface area contributed by atoms with E-state index in [2.05, 4.69) is 10.1 Å². The molecule has 18 heavy (non-hydrogen) atoms. The Bertz CT molecular complexity index is 533. The van der Waals surface area contributed by atoms with E-state index in [1.54, 1.807) is 6.92 Å². The van der Waals surface area contributed by atoms with Crippen LogP contribution in [0.1, 0.15) is 28.9 Å². The Labute approximate surface area is 101 Å². The van der Waals surface area contributed by atoms with E-state index in [0.717, 1.165) is 12.1 Å². The molecule has 0 aliphatic rings. The van der Waals surface area contributed by atoms with Crippen molar-refractivity contribution in [1.82, 2.24) is 10.1 Å². The molecule has 2 rings (SSSR count). The zero-order chi connectivity index (χ0) is 13.3. The van der Waals surface area contributed by atoms with Gasteiger partial charge in [0.15, 0.2) is 5.82 Å². The van der Waals surface area contributed by atoms with Gasteiger partial charge in [-0.1, -0.05) is 17.3 Å².